The maximum atomic E-state index is 11.5. The molecule has 0 radical (unpaired) electrons. The highest BCUT2D eigenvalue weighted by atomic mass is 32.2. The first kappa shape index (κ1) is 13.6. The van der Waals surface area contributed by atoms with Gasteiger partial charge in [0.1, 0.15) is 6.61 Å². The van der Waals surface area contributed by atoms with Crippen molar-refractivity contribution in [1.82, 2.24) is 0 Å². The molecule has 3 nitrogen and oxygen atoms in total. The van der Waals surface area contributed by atoms with E-state index >= 15 is 0 Å². The minimum absolute atomic E-state index is 0.0101. The predicted molar refractivity (Wildman–Crippen MR) is 46.5 cm³/mol. The number of carbonyl (C=O) groups is 1. The van der Waals surface area contributed by atoms with Crippen LogP contribution in [0.5, 0.6) is 0 Å². The molecule has 0 bridgehead atoms. The standard InChI is InChI=1S/C7H11F3O3S/c8-7(9,10)5-13-2-4-14-3-1-6(11)12/h1-5H2,(H,11,12). The Morgan fingerprint density at radius 2 is 2.00 bits per heavy atom. The van der Waals surface area contributed by atoms with Gasteiger partial charge in [-0.25, -0.2) is 0 Å². The van der Waals surface area contributed by atoms with E-state index in [9.17, 15) is 18.0 Å². The molecule has 0 amide bonds. The number of carboxylic acid groups (broad SMARTS) is 1. The number of carboxylic acids is 1. The van der Waals surface area contributed by atoms with Crippen LogP contribution in [0.1, 0.15) is 6.42 Å². The van der Waals surface area contributed by atoms with Crippen LogP contribution in [0, 0.1) is 0 Å². The first-order valence-corrected chi connectivity index (χ1v) is 5.01. The number of hydrogen-bond acceptors (Lipinski definition) is 3. The third-order valence-electron chi connectivity index (χ3n) is 1.10. The summed E-state index contributed by atoms with van der Waals surface area (Å²) in [7, 11) is 0. The lowest BCUT2D eigenvalue weighted by atomic mass is 10.5. The molecule has 1 N–H and O–H groups in total. The van der Waals surface area contributed by atoms with Gasteiger partial charge in [0.15, 0.2) is 0 Å². The van der Waals surface area contributed by atoms with E-state index < -0.39 is 18.8 Å². The van der Waals surface area contributed by atoms with E-state index in [0.717, 1.165) is 0 Å². The van der Waals surface area contributed by atoms with Gasteiger partial charge in [0.05, 0.1) is 13.0 Å². The highest BCUT2D eigenvalue weighted by Crippen LogP contribution is 2.14. The SMILES string of the molecule is O=C(O)CCSCCOCC(F)(F)F. The Hall–Kier alpha value is -0.430. The molecule has 0 fully saturated rings. The van der Waals surface area contributed by atoms with Gasteiger partial charge < -0.3 is 9.84 Å². The smallest absolute Gasteiger partial charge is 0.411 e. The number of ether oxygens (including phenoxy) is 1. The zero-order valence-corrected chi connectivity index (χ0v) is 8.16. The van der Waals surface area contributed by atoms with Crippen molar-refractivity contribution >= 4 is 17.7 Å². The quantitative estimate of drug-likeness (QED) is 0.679. The van der Waals surface area contributed by atoms with Crippen LogP contribution in [-0.2, 0) is 9.53 Å². The fourth-order valence-electron chi connectivity index (χ4n) is 0.567. The highest BCUT2D eigenvalue weighted by Gasteiger charge is 2.27. The molecule has 0 spiro atoms. The second kappa shape index (κ2) is 6.94. The summed E-state index contributed by atoms with van der Waals surface area (Å²) in [4.78, 5) is 10.0. The Bertz CT molecular complexity index is 172. The van der Waals surface area contributed by atoms with Crippen LogP contribution in [0.15, 0.2) is 0 Å². The van der Waals surface area contributed by atoms with Crippen molar-refractivity contribution in [1.29, 1.82) is 0 Å². The first-order chi connectivity index (χ1) is 6.42. The maximum Gasteiger partial charge on any atom is 0.411 e. The topological polar surface area (TPSA) is 46.5 Å². The van der Waals surface area contributed by atoms with E-state index in [1.54, 1.807) is 0 Å². The van der Waals surface area contributed by atoms with Crippen LogP contribution in [0.3, 0.4) is 0 Å². The largest absolute Gasteiger partial charge is 0.481 e. The molecule has 0 aliphatic carbocycles. The Labute approximate surface area is 83.6 Å². The number of halogens is 3. The van der Waals surface area contributed by atoms with Gasteiger partial charge in [0.2, 0.25) is 0 Å². The molecule has 0 atom stereocenters. The Morgan fingerprint density at radius 1 is 1.36 bits per heavy atom. The van der Waals surface area contributed by atoms with Crippen LogP contribution in [0.25, 0.3) is 0 Å². The third kappa shape index (κ3) is 11.6. The summed E-state index contributed by atoms with van der Waals surface area (Å²) < 4.78 is 38.9. The van der Waals surface area contributed by atoms with Gasteiger partial charge in [-0.15, -0.1) is 0 Å². The zero-order chi connectivity index (χ0) is 11.0. The predicted octanol–water partition coefficient (Wildman–Crippen LogP) is 1.77. The lowest BCUT2D eigenvalue weighted by Crippen LogP contribution is -2.18. The van der Waals surface area contributed by atoms with Gasteiger partial charge in [0.25, 0.3) is 0 Å². The summed E-state index contributed by atoms with van der Waals surface area (Å²) in [6, 6.07) is 0. The van der Waals surface area contributed by atoms with Gasteiger partial charge in [0, 0.05) is 11.5 Å². The summed E-state index contributed by atoms with van der Waals surface area (Å²) in [6.45, 7) is -1.25. The molecule has 0 aliphatic heterocycles. The van der Waals surface area contributed by atoms with E-state index in [1.807, 2.05) is 0 Å². The van der Waals surface area contributed by atoms with Crippen LogP contribution in [0.4, 0.5) is 13.2 Å². The molecule has 0 saturated carbocycles. The molecule has 7 heteroatoms. The molecule has 84 valence electrons. The number of hydrogen-bond donors (Lipinski definition) is 1. The van der Waals surface area contributed by atoms with E-state index in [2.05, 4.69) is 4.74 Å². The number of rotatable bonds is 7. The van der Waals surface area contributed by atoms with Crippen LogP contribution in [-0.4, -0.2) is 42.0 Å². The molecule has 0 unspecified atom stereocenters. The molecule has 0 aromatic rings. The molecule has 0 aliphatic rings. The molecular weight excluding hydrogens is 221 g/mol. The maximum absolute atomic E-state index is 11.5. The van der Waals surface area contributed by atoms with Crippen molar-refractivity contribution < 1.29 is 27.8 Å². The second-order valence-electron chi connectivity index (χ2n) is 2.42. The molecule has 0 aromatic heterocycles. The van der Waals surface area contributed by atoms with Crippen molar-refractivity contribution in [2.45, 2.75) is 12.6 Å². The Kier molecular flexibility index (Phi) is 6.73. The van der Waals surface area contributed by atoms with Gasteiger partial charge in [-0.3, -0.25) is 4.79 Å². The molecule has 0 aromatic carbocycles. The lowest BCUT2D eigenvalue weighted by molar-refractivity contribution is -0.172. The molecule has 0 saturated heterocycles. The van der Waals surface area contributed by atoms with E-state index in [1.165, 1.54) is 11.8 Å². The van der Waals surface area contributed by atoms with Gasteiger partial charge in [-0.1, -0.05) is 0 Å². The normalized spacial score (nSPS) is 11.6. The van der Waals surface area contributed by atoms with E-state index in [4.69, 9.17) is 5.11 Å². The summed E-state index contributed by atoms with van der Waals surface area (Å²) in [5.41, 5.74) is 0. The summed E-state index contributed by atoms with van der Waals surface area (Å²) in [6.07, 6.45) is -4.27. The molecular formula is C7H11F3O3S. The van der Waals surface area contributed by atoms with E-state index in [0.29, 0.717) is 11.5 Å². The fraction of sp³-hybridized carbons (Fsp3) is 0.857. The number of alkyl halides is 3. The summed E-state index contributed by atoms with van der Waals surface area (Å²) in [5, 5.41) is 8.23. The zero-order valence-electron chi connectivity index (χ0n) is 7.34. The summed E-state index contributed by atoms with van der Waals surface area (Å²) >= 11 is 1.26. The third-order valence-corrected chi connectivity index (χ3v) is 2.05. The van der Waals surface area contributed by atoms with Crippen LogP contribution >= 0.6 is 11.8 Å². The van der Waals surface area contributed by atoms with Crippen LogP contribution < -0.4 is 0 Å². The average Bonchev–Trinajstić information content (AvgIpc) is 2.00. The Balaban J connectivity index is 3.11. The van der Waals surface area contributed by atoms with E-state index in [-0.39, 0.29) is 13.0 Å². The second-order valence-corrected chi connectivity index (χ2v) is 3.65. The Morgan fingerprint density at radius 3 is 2.50 bits per heavy atom. The summed E-state index contributed by atoms with van der Waals surface area (Å²) in [5.74, 6) is -0.137. The minimum atomic E-state index is -4.29. The minimum Gasteiger partial charge on any atom is -0.481 e. The lowest BCUT2D eigenvalue weighted by Gasteiger charge is -2.06. The van der Waals surface area contributed by atoms with Crippen molar-refractivity contribution in [2.24, 2.45) is 0 Å². The number of thioether (sulfide) groups is 1. The molecule has 0 rings (SSSR count). The first-order valence-electron chi connectivity index (χ1n) is 3.86. The van der Waals surface area contributed by atoms with Gasteiger partial charge in [-0.2, -0.15) is 24.9 Å². The number of aliphatic carboxylic acids is 1. The highest BCUT2D eigenvalue weighted by molar-refractivity contribution is 7.99. The average molecular weight is 232 g/mol. The van der Waals surface area contributed by atoms with Crippen LogP contribution in [0.2, 0.25) is 0 Å². The fourth-order valence-corrected chi connectivity index (χ4v) is 1.33. The van der Waals surface area contributed by atoms with Crippen molar-refractivity contribution in [3.8, 4) is 0 Å². The van der Waals surface area contributed by atoms with Crippen molar-refractivity contribution in [3.63, 3.8) is 0 Å². The molecule has 14 heavy (non-hydrogen) atoms. The van der Waals surface area contributed by atoms with Gasteiger partial charge in [-0.05, 0) is 0 Å². The van der Waals surface area contributed by atoms with Crippen molar-refractivity contribution in [2.75, 3.05) is 24.7 Å². The van der Waals surface area contributed by atoms with Gasteiger partial charge >= 0.3 is 12.1 Å². The monoisotopic (exact) mass is 232 g/mol. The van der Waals surface area contributed by atoms with Crippen molar-refractivity contribution in [3.05, 3.63) is 0 Å². The molecule has 0 heterocycles.